The number of thiophene rings is 1. The number of nitrogens with two attached hydrogens (primary N) is 1. The quantitative estimate of drug-likeness (QED) is 0.524. The average Bonchev–Trinajstić information content (AvgIpc) is 3.50. The van der Waals surface area contributed by atoms with E-state index in [2.05, 4.69) is 16.4 Å². The first-order chi connectivity index (χ1) is 15.0. The van der Waals surface area contributed by atoms with Crippen LogP contribution >= 0.6 is 23.1 Å². The minimum absolute atomic E-state index is 0.0289. The van der Waals surface area contributed by atoms with E-state index in [0.717, 1.165) is 22.6 Å². The summed E-state index contributed by atoms with van der Waals surface area (Å²) < 4.78 is 7.27. The molecule has 0 radical (unpaired) electrons. The maximum absolute atomic E-state index is 13.3. The summed E-state index contributed by atoms with van der Waals surface area (Å²) in [5.41, 5.74) is 7.91. The van der Waals surface area contributed by atoms with Crippen LogP contribution in [0.25, 0.3) is 10.2 Å². The van der Waals surface area contributed by atoms with Gasteiger partial charge in [-0.25, -0.2) is 0 Å². The number of amides is 1. The molecule has 1 atom stereocenters. The second-order valence-electron chi connectivity index (χ2n) is 7.45. The zero-order chi connectivity index (χ0) is 21.7. The highest BCUT2D eigenvalue weighted by Crippen LogP contribution is 2.47. The fourth-order valence-corrected chi connectivity index (χ4v) is 5.81. The topological polar surface area (TPSA) is 121 Å². The van der Waals surface area contributed by atoms with E-state index in [9.17, 15) is 14.9 Å². The molecule has 1 saturated carbocycles. The van der Waals surface area contributed by atoms with Gasteiger partial charge in [0, 0.05) is 6.04 Å². The Hall–Kier alpha value is -3.22. The van der Waals surface area contributed by atoms with Crippen molar-refractivity contribution < 1.29 is 9.53 Å². The number of H-pyrrole nitrogens is 1. The Morgan fingerprint density at radius 2 is 2.10 bits per heavy atom. The Bertz CT molecular complexity index is 1350. The van der Waals surface area contributed by atoms with Crippen LogP contribution in [-0.2, 0) is 0 Å². The van der Waals surface area contributed by atoms with Crippen molar-refractivity contribution in [3.63, 3.8) is 0 Å². The molecule has 1 aliphatic carbocycles. The van der Waals surface area contributed by atoms with Crippen LogP contribution in [0.3, 0.4) is 0 Å². The number of rotatable bonds is 4. The molecule has 3 aromatic rings. The molecule has 9 heteroatoms. The van der Waals surface area contributed by atoms with Gasteiger partial charge in [-0.1, -0.05) is 30.3 Å². The van der Waals surface area contributed by atoms with E-state index in [1.165, 1.54) is 23.1 Å². The van der Waals surface area contributed by atoms with E-state index in [4.69, 9.17) is 10.5 Å². The lowest BCUT2D eigenvalue weighted by molar-refractivity contribution is 0.0950. The largest absolute Gasteiger partial charge is 0.438 e. The number of aromatic amines is 1. The smallest absolute Gasteiger partial charge is 0.256 e. The van der Waals surface area contributed by atoms with Crippen molar-refractivity contribution in [2.24, 2.45) is 5.73 Å². The number of allylic oxidation sites excluding steroid dienone is 1. The maximum Gasteiger partial charge on any atom is 0.256 e. The highest BCUT2D eigenvalue weighted by atomic mass is 32.2. The number of carbonyl (C=O) groups excluding carboxylic acids is 1. The Kier molecular flexibility index (Phi) is 4.76. The fourth-order valence-electron chi connectivity index (χ4n) is 3.84. The molecule has 0 bridgehead atoms. The second-order valence-corrected chi connectivity index (χ2v) is 9.55. The summed E-state index contributed by atoms with van der Waals surface area (Å²) in [6.07, 6.45) is 3.82. The first-order valence-electron chi connectivity index (χ1n) is 9.73. The van der Waals surface area contributed by atoms with Gasteiger partial charge < -0.3 is 20.8 Å². The first-order valence-corrected chi connectivity index (χ1v) is 11.8. The molecular weight excluding hydrogens is 432 g/mol. The second kappa shape index (κ2) is 7.48. The number of hydrogen-bond donors (Lipinski definition) is 3. The summed E-state index contributed by atoms with van der Waals surface area (Å²) in [4.78, 5) is 29.1. The molecule has 4 N–H and O–H groups in total. The molecule has 1 fully saturated rings. The van der Waals surface area contributed by atoms with Crippen molar-refractivity contribution in [1.29, 1.82) is 5.26 Å². The number of hydrogen-bond acceptors (Lipinski definition) is 7. The number of aromatic nitrogens is 1. The summed E-state index contributed by atoms with van der Waals surface area (Å²) in [6, 6.07) is 11.6. The van der Waals surface area contributed by atoms with Crippen LogP contribution in [0.1, 0.15) is 40.2 Å². The Balaban J connectivity index is 1.77. The molecule has 1 amide bonds. The monoisotopic (exact) mass is 450 g/mol. The lowest BCUT2D eigenvalue weighted by atomic mass is 9.84. The van der Waals surface area contributed by atoms with Crippen LogP contribution < -0.4 is 21.3 Å². The summed E-state index contributed by atoms with van der Waals surface area (Å²) in [7, 11) is 0. The zero-order valence-electron chi connectivity index (χ0n) is 16.5. The number of thioether (sulfide) groups is 1. The minimum atomic E-state index is -0.647. The molecule has 2 aliphatic rings. The van der Waals surface area contributed by atoms with Crippen LogP contribution in [0, 0.1) is 11.3 Å². The molecule has 1 aliphatic heterocycles. The van der Waals surface area contributed by atoms with Crippen molar-refractivity contribution >= 4 is 39.2 Å². The van der Waals surface area contributed by atoms with Gasteiger partial charge in [-0.3, -0.25) is 9.59 Å². The van der Waals surface area contributed by atoms with Gasteiger partial charge in [0.2, 0.25) is 5.88 Å². The molecule has 156 valence electrons. The molecule has 1 aromatic carbocycles. The number of benzene rings is 1. The highest BCUT2D eigenvalue weighted by Gasteiger charge is 2.36. The first kappa shape index (κ1) is 19.7. The Morgan fingerprint density at radius 3 is 2.74 bits per heavy atom. The van der Waals surface area contributed by atoms with Crippen molar-refractivity contribution in [2.45, 2.75) is 29.0 Å². The molecule has 7 nitrogen and oxygen atoms in total. The van der Waals surface area contributed by atoms with E-state index in [1.54, 1.807) is 0 Å². The van der Waals surface area contributed by atoms with Gasteiger partial charge in [0.25, 0.3) is 11.5 Å². The number of nitrogens with one attached hydrogen (secondary N) is 2. The molecule has 0 spiro atoms. The zero-order valence-corrected chi connectivity index (χ0v) is 18.2. The maximum atomic E-state index is 13.3. The van der Waals surface area contributed by atoms with E-state index >= 15 is 0 Å². The number of nitrogens with zero attached hydrogens (tertiary/aromatic N) is 1. The lowest BCUT2D eigenvalue weighted by Crippen LogP contribution is -2.28. The van der Waals surface area contributed by atoms with Crippen molar-refractivity contribution in [3.05, 3.63) is 68.8 Å². The van der Waals surface area contributed by atoms with Gasteiger partial charge in [0.15, 0.2) is 5.75 Å². The Labute approximate surface area is 185 Å². The number of carbonyl (C=O) groups is 1. The minimum Gasteiger partial charge on any atom is -0.438 e. The third kappa shape index (κ3) is 3.19. The van der Waals surface area contributed by atoms with Gasteiger partial charge >= 0.3 is 0 Å². The normalized spacial score (nSPS) is 17.7. The predicted molar refractivity (Wildman–Crippen MR) is 120 cm³/mol. The van der Waals surface area contributed by atoms with Gasteiger partial charge in [-0.05, 0) is 24.7 Å². The highest BCUT2D eigenvalue weighted by molar-refractivity contribution is 8.00. The van der Waals surface area contributed by atoms with E-state index in [1.807, 2.05) is 36.6 Å². The molecular formula is C22H18N4O3S2. The van der Waals surface area contributed by atoms with E-state index in [-0.39, 0.29) is 23.4 Å². The fraction of sp³-hybridized carbons (Fsp3) is 0.227. The van der Waals surface area contributed by atoms with Crippen molar-refractivity contribution in [3.8, 4) is 11.8 Å². The molecule has 3 heterocycles. The van der Waals surface area contributed by atoms with Crippen molar-refractivity contribution in [1.82, 2.24) is 10.3 Å². The van der Waals surface area contributed by atoms with E-state index < -0.39 is 11.5 Å². The van der Waals surface area contributed by atoms with Crippen molar-refractivity contribution in [2.75, 3.05) is 6.26 Å². The standard InChI is InChI=1S/C22H18N4O3S2/c1-30-22-15(21(28)25-11-7-8-11)16-18(31-22)17-14(20(27)26-16)13(10-5-3-2-4-6-10)12(9-23)19(24)29-17/h2-6,11,13H,7-8,24H2,1H3,(H,25,28)(H,26,27). The summed E-state index contributed by atoms with van der Waals surface area (Å²) in [5, 5.41) is 12.7. The number of fused-ring (bicyclic) bond motifs is 3. The third-order valence-electron chi connectivity index (χ3n) is 5.44. The molecule has 2 aromatic heterocycles. The average molecular weight is 451 g/mol. The SMILES string of the molecule is CSc1sc2c3c(c(=O)[nH]c2c1C(=O)NC1CC1)C(c1ccccc1)C(C#N)=C(N)O3. The number of pyridine rings is 1. The van der Waals surface area contributed by atoms with Crippen LogP contribution in [-0.4, -0.2) is 23.2 Å². The van der Waals surface area contributed by atoms with Crippen LogP contribution in [0.5, 0.6) is 5.75 Å². The third-order valence-corrected chi connectivity index (χ3v) is 7.75. The van der Waals surface area contributed by atoms with Gasteiger partial charge in [-0.2, -0.15) is 5.26 Å². The lowest BCUT2D eigenvalue weighted by Gasteiger charge is -2.25. The number of ether oxygens (including phenoxy) is 1. The predicted octanol–water partition coefficient (Wildman–Crippen LogP) is 3.42. The van der Waals surface area contributed by atoms with Crippen LogP contribution in [0.2, 0.25) is 0 Å². The summed E-state index contributed by atoms with van der Waals surface area (Å²) in [5.74, 6) is -0.564. The van der Waals surface area contributed by atoms with Crippen LogP contribution in [0.15, 0.2) is 50.8 Å². The molecule has 31 heavy (non-hydrogen) atoms. The van der Waals surface area contributed by atoms with Gasteiger partial charge in [0.05, 0.1) is 31.5 Å². The summed E-state index contributed by atoms with van der Waals surface area (Å²) >= 11 is 2.82. The summed E-state index contributed by atoms with van der Waals surface area (Å²) in [6.45, 7) is 0. The molecule has 1 unspecified atom stereocenters. The number of nitriles is 1. The van der Waals surface area contributed by atoms with Gasteiger partial charge in [0.1, 0.15) is 11.6 Å². The van der Waals surface area contributed by atoms with Crippen LogP contribution in [0.4, 0.5) is 0 Å². The molecule has 5 rings (SSSR count). The van der Waals surface area contributed by atoms with Gasteiger partial charge in [-0.15, -0.1) is 23.1 Å². The Morgan fingerprint density at radius 1 is 1.35 bits per heavy atom. The molecule has 0 saturated heterocycles. The van der Waals surface area contributed by atoms with E-state index in [0.29, 0.717) is 27.1 Å².